The molecule has 3 fully saturated rings. The maximum absolute atomic E-state index is 13.1. The van der Waals surface area contributed by atoms with Crippen LogP contribution in [0.3, 0.4) is 0 Å². The smallest absolute Gasteiger partial charge is 0.123 e. The largest absolute Gasteiger partial charge is 0.373 e. The molecule has 160 valence electrons. The fraction of sp³-hybridized carbons (Fsp3) is 0.538. The number of ether oxygens (including phenoxy) is 1. The molecule has 0 bridgehead atoms. The van der Waals surface area contributed by atoms with E-state index in [1.807, 2.05) is 12.1 Å². The summed E-state index contributed by atoms with van der Waals surface area (Å²) in [4.78, 5) is 5.23. The van der Waals surface area contributed by atoms with E-state index in [0.717, 1.165) is 51.7 Å². The number of hydrogen-bond donors (Lipinski definition) is 0. The fourth-order valence-corrected chi connectivity index (χ4v) is 5.89. The minimum atomic E-state index is -0.154. The molecule has 2 aromatic rings. The Morgan fingerprint density at radius 2 is 1.70 bits per heavy atom. The Labute approximate surface area is 179 Å². The van der Waals surface area contributed by atoms with E-state index in [0.29, 0.717) is 11.5 Å². The van der Waals surface area contributed by atoms with E-state index in [-0.39, 0.29) is 11.9 Å². The fourth-order valence-electron chi connectivity index (χ4n) is 5.89. The lowest BCUT2D eigenvalue weighted by Gasteiger charge is -2.40. The number of nitrogens with zero attached hydrogens (tertiary/aromatic N) is 2. The molecule has 0 N–H and O–H groups in total. The van der Waals surface area contributed by atoms with Crippen molar-refractivity contribution in [1.29, 1.82) is 0 Å². The van der Waals surface area contributed by atoms with Crippen LogP contribution in [-0.2, 0) is 11.3 Å². The molecule has 3 nitrogen and oxygen atoms in total. The molecule has 1 saturated carbocycles. The summed E-state index contributed by atoms with van der Waals surface area (Å²) in [6, 6.07) is 18.4. The molecule has 4 heteroatoms. The van der Waals surface area contributed by atoms with Crippen molar-refractivity contribution >= 4 is 0 Å². The third-order valence-electron chi connectivity index (χ3n) is 7.77. The highest BCUT2D eigenvalue weighted by Crippen LogP contribution is 2.52. The van der Waals surface area contributed by atoms with Crippen LogP contribution in [0.4, 0.5) is 4.39 Å². The van der Waals surface area contributed by atoms with E-state index in [9.17, 15) is 4.39 Å². The van der Waals surface area contributed by atoms with Gasteiger partial charge in [0.25, 0.3) is 0 Å². The number of hydrogen-bond acceptors (Lipinski definition) is 3. The summed E-state index contributed by atoms with van der Waals surface area (Å²) in [5.74, 6) is 0.594. The number of piperazine rings is 1. The predicted octanol–water partition coefficient (Wildman–Crippen LogP) is 4.89. The first kappa shape index (κ1) is 20.2. The van der Waals surface area contributed by atoms with Gasteiger partial charge in [0.05, 0.1) is 12.7 Å². The second kappa shape index (κ2) is 8.41. The van der Waals surface area contributed by atoms with Crippen molar-refractivity contribution in [3.8, 4) is 0 Å². The summed E-state index contributed by atoms with van der Waals surface area (Å²) in [5.41, 5.74) is 2.85. The quantitative estimate of drug-likeness (QED) is 0.716. The van der Waals surface area contributed by atoms with Crippen LogP contribution in [0.1, 0.15) is 43.4 Å². The molecule has 0 radical (unpaired) electrons. The van der Waals surface area contributed by atoms with Crippen molar-refractivity contribution in [1.82, 2.24) is 9.80 Å². The average molecular weight is 409 g/mol. The molecule has 3 aliphatic rings. The Bertz CT molecular complexity index is 834. The highest BCUT2D eigenvalue weighted by molar-refractivity contribution is 5.19. The highest BCUT2D eigenvalue weighted by Gasteiger charge is 2.49. The Morgan fingerprint density at radius 3 is 2.43 bits per heavy atom. The second-order valence-corrected chi connectivity index (χ2v) is 9.83. The van der Waals surface area contributed by atoms with E-state index < -0.39 is 0 Å². The zero-order valence-electron chi connectivity index (χ0n) is 18.0. The monoisotopic (exact) mass is 408 g/mol. The molecular formula is C26H33FN2O. The lowest BCUT2D eigenvalue weighted by molar-refractivity contribution is -0.0819. The molecule has 5 rings (SSSR count). The number of benzene rings is 2. The minimum absolute atomic E-state index is 0.154. The summed E-state index contributed by atoms with van der Waals surface area (Å²) < 4.78 is 19.5. The first-order chi connectivity index (χ1) is 14.6. The van der Waals surface area contributed by atoms with Gasteiger partial charge < -0.3 is 4.74 Å². The number of halogens is 1. The van der Waals surface area contributed by atoms with E-state index in [4.69, 9.17) is 4.74 Å². The van der Waals surface area contributed by atoms with Crippen molar-refractivity contribution in [2.45, 2.75) is 44.9 Å². The van der Waals surface area contributed by atoms with Gasteiger partial charge >= 0.3 is 0 Å². The third kappa shape index (κ3) is 4.18. The molecule has 0 spiro atoms. The van der Waals surface area contributed by atoms with Gasteiger partial charge in [0.15, 0.2) is 0 Å². The molecule has 2 aliphatic heterocycles. The normalized spacial score (nSPS) is 32.8. The van der Waals surface area contributed by atoms with Gasteiger partial charge in [-0.25, -0.2) is 4.39 Å². The average Bonchev–Trinajstić information content (AvgIpc) is 3.13. The second-order valence-electron chi connectivity index (χ2n) is 9.83. The molecule has 0 aromatic heterocycles. The third-order valence-corrected chi connectivity index (χ3v) is 7.77. The highest BCUT2D eigenvalue weighted by atomic mass is 19.1. The van der Waals surface area contributed by atoms with Crippen LogP contribution in [-0.4, -0.2) is 48.6 Å². The van der Waals surface area contributed by atoms with E-state index in [2.05, 4.69) is 47.1 Å². The summed E-state index contributed by atoms with van der Waals surface area (Å²) in [6.45, 7) is 8.72. The van der Waals surface area contributed by atoms with Crippen molar-refractivity contribution in [2.24, 2.45) is 11.3 Å². The maximum Gasteiger partial charge on any atom is 0.123 e. The van der Waals surface area contributed by atoms with E-state index in [1.54, 1.807) is 12.1 Å². The first-order valence-electron chi connectivity index (χ1n) is 11.5. The standard InChI is InChI=1S/C26H33FN2O/c1-26-17-24(15-22(26)16-25(30-19-26)21-5-3-2-4-6-21)29-13-11-28(12-14-29)18-20-7-9-23(27)10-8-20/h2-10,22,24-25H,11-19H2,1H3/t22-,24+,25-,26+/m0/s1. The van der Waals surface area contributed by atoms with Crippen molar-refractivity contribution < 1.29 is 9.13 Å². The van der Waals surface area contributed by atoms with Crippen LogP contribution in [0, 0.1) is 17.2 Å². The molecule has 30 heavy (non-hydrogen) atoms. The van der Waals surface area contributed by atoms with Crippen LogP contribution in [0.5, 0.6) is 0 Å². The molecule has 0 unspecified atom stereocenters. The van der Waals surface area contributed by atoms with Crippen molar-refractivity contribution in [3.05, 3.63) is 71.5 Å². The van der Waals surface area contributed by atoms with E-state index in [1.165, 1.54) is 24.0 Å². The van der Waals surface area contributed by atoms with Gasteiger partial charge in [0.1, 0.15) is 5.82 Å². The SMILES string of the molecule is C[C@@]12CO[C@H](c3ccccc3)C[C@@H]1C[C@@H](N1CCN(Cc3ccc(F)cc3)CC1)C2. The Hall–Kier alpha value is -1.75. The predicted molar refractivity (Wildman–Crippen MR) is 118 cm³/mol. The molecule has 2 saturated heterocycles. The lowest BCUT2D eigenvalue weighted by atomic mass is 9.75. The first-order valence-corrected chi connectivity index (χ1v) is 11.5. The lowest BCUT2D eigenvalue weighted by Crippen LogP contribution is -2.49. The van der Waals surface area contributed by atoms with Gasteiger partial charge in [-0.1, -0.05) is 49.4 Å². The van der Waals surface area contributed by atoms with E-state index >= 15 is 0 Å². The Kier molecular flexibility index (Phi) is 5.65. The number of rotatable bonds is 4. The molecule has 4 atom stereocenters. The van der Waals surface area contributed by atoms with Gasteiger partial charge in [0.2, 0.25) is 0 Å². The van der Waals surface area contributed by atoms with Gasteiger partial charge in [-0.2, -0.15) is 0 Å². The number of fused-ring (bicyclic) bond motifs is 1. The molecular weight excluding hydrogens is 375 g/mol. The molecule has 2 aromatic carbocycles. The molecule has 2 heterocycles. The van der Waals surface area contributed by atoms with Gasteiger partial charge in [0, 0.05) is 38.8 Å². The maximum atomic E-state index is 13.1. The summed E-state index contributed by atoms with van der Waals surface area (Å²) in [7, 11) is 0. The Balaban J connectivity index is 1.16. The van der Waals surface area contributed by atoms with Gasteiger partial charge in [-0.05, 0) is 53.9 Å². The zero-order valence-corrected chi connectivity index (χ0v) is 18.0. The zero-order chi connectivity index (χ0) is 20.6. The summed E-state index contributed by atoms with van der Waals surface area (Å²) in [6.07, 6.45) is 3.98. The minimum Gasteiger partial charge on any atom is -0.373 e. The van der Waals surface area contributed by atoms with Crippen LogP contribution in [0.2, 0.25) is 0 Å². The van der Waals surface area contributed by atoms with Crippen LogP contribution in [0.15, 0.2) is 54.6 Å². The summed E-state index contributed by atoms with van der Waals surface area (Å²) >= 11 is 0. The van der Waals surface area contributed by atoms with Crippen LogP contribution >= 0.6 is 0 Å². The van der Waals surface area contributed by atoms with Gasteiger partial charge in [-0.15, -0.1) is 0 Å². The summed E-state index contributed by atoms with van der Waals surface area (Å²) in [5, 5.41) is 0. The van der Waals surface area contributed by atoms with Crippen molar-refractivity contribution in [3.63, 3.8) is 0 Å². The van der Waals surface area contributed by atoms with Crippen LogP contribution in [0.25, 0.3) is 0 Å². The molecule has 1 aliphatic carbocycles. The Morgan fingerprint density at radius 1 is 0.967 bits per heavy atom. The van der Waals surface area contributed by atoms with Gasteiger partial charge in [-0.3, -0.25) is 9.80 Å². The topological polar surface area (TPSA) is 15.7 Å². The molecule has 0 amide bonds. The van der Waals surface area contributed by atoms with Crippen LogP contribution < -0.4 is 0 Å². The van der Waals surface area contributed by atoms with Crippen molar-refractivity contribution in [2.75, 3.05) is 32.8 Å².